The topological polar surface area (TPSA) is 97.7 Å². The molecular weight excluding hydrogens is 406 g/mol. The number of morpholine rings is 1. The highest BCUT2D eigenvalue weighted by Gasteiger charge is 2.37. The number of amides is 3. The summed E-state index contributed by atoms with van der Waals surface area (Å²) < 4.78 is 5.29. The zero-order chi connectivity index (χ0) is 21.6. The number of nitrogens with zero attached hydrogens (tertiary/aromatic N) is 3. The third kappa shape index (κ3) is 5.85. The predicted molar refractivity (Wildman–Crippen MR) is 113 cm³/mol. The molecule has 2 fully saturated rings. The maximum Gasteiger partial charge on any atom is 0.318 e. The number of carbonyl (C=O) groups excluding carboxylic acids is 2. The first-order valence-corrected chi connectivity index (χ1v) is 10.6. The number of nitrogens with one attached hydrogen (secondary N) is 2. The summed E-state index contributed by atoms with van der Waals surface area (Å²) in [5.74, 6) is -0.349. The quantitative estimate of drug-likeness (QED) is 0.731. The highest BCUT2D eigenvalue weighted by atomic mass is 35.5. The fourth-order valence-corrected chi connectivity index (χ4v) is 3.79. The van der Waals surface area contributed by atoms with Gasteiger partial charge in [0.05, 0.1) is 19.3 Å². The summed E-state index contributed by atoms with van der Waals surface area (Å²) in [6, 6.07) is 8.36. The first-order valence-electron chi connectivity index (χ1n) is 10.2. The van der Waals surface area contributed by atoms with E-state index in [2.05, 4.69) is 21.6 Å². The van der Waals surface area contributed by atoms with Gasteiger partial charge in [-0.05, 0) is 37.6 Å². The molecule has 1 unspecified atom stereocenters. The Morgan fingerprint density at radius 3 is 2.43 bits per heavy atom. The van der Waals surface area contributed by atoms with Gasteiger partial charge in [-0.3, -0.25) is 4.79 Å². The molecule has 1 aromatic carbocycles. The summed E-state index contributed by atoms with van der Waals surface area (Å²) in [4.78, 5) is 29.7. The first kappa shape index (κ1) is 22.3. The van der Waals surface area contributed by atoms with Crippen LogP contribution in [0.3, 0.4) is 0 Å². The van der Waals surface area contributed by atoms with Crippen molar-refractivity contribution < 1.29 is 14.3 Å². The number of carbonyl (C=O) groups is 2. The van der Waals surface area contributed by atoms with Crippen LogP contribution >= 0.6 is 11.6 Å². The van der Waals surface area contributed by atoms with Crippen LogP contribution in [0.5, 0.6) is 0 Å². The van der Waals surface area contributed by atoms with Crippen LogP contribution in [0.2, 0.25) is 5.02 Å². The van der Waals surface area contributed by atoms with Crippen molar-refractivity contribution in [3.63, 3.8) is 0 Å². The van der Waals surface area contributed by atoms with Crippen LogP contribution in [0.25, 0.3) is 0 Å². The molecule has 3 rings (SSSR count). The SMILES string of the molecule is CN1CCC(C#N)(NC(=O)C(Cc2ccc(Cl)cc2)NC(=O)N2CCOCC2)CC1. The summed E-state index contributed by atoms with van der Waals surface area (Å²) in [6.45, 7) is 3.38. The molecule has 162 valence electrons. The van der Waals surface area contributed by atoms with Crippen molar-refractivity contribution in [1.82, 2.24) is 20.4 Å². The van der Waals surface area contributed by atoms with Crippen LogP contribution in [-0.2, 0) is 16.0 Å². The Morgan fingerprint density at radius 1 is 1.20 bits per heavy atom. The number of rotatable bonds is 5. The number of likely N-dealkylation sites (tertiary alicyclic amines) is 1. The number of benzene rings is 1. The van der Waals surface area contributed by atoms with Gasteiger partial charge in [-0.2, -0.15) is 5.26 Å². The van der Waals surface area contributed by atoms with E-state index < -0.39 is 11.6 Å². The van der Waals surface area contributed by atoms with Crippen LogP contribution in [-0.4, -0.2) is 79.8 Å². The number of nitriles is 1. The summed E-state index contributed by atoms with van der Waals surface area (Å²) >= 11 is 5.97. The minimum absolute atomic E-state index is 0.304. The Bertz CT molecular complexity index is 781. The maximum atomic E-state index is 13.2. The number of hydrogen-bond acceptors (Lipinski definition) is 5. The minimum Gasteiger partial charge on any atom is -0.378 e. The largest absolute Gasteiger partial charge is 0.378 e. The second-order valence-corrected chi connectivity index (χ2v) is 8.35. The van der Waals surface area contributed by atoms with Crippen LogP contribution in [0, 0.1) is 11.3 Å². The van der Waals surface area contributed by atoms with Crippen LogP contribution < -0.4 is 10.6 Å². The number of halogens is 1. The van der Waals surface area contributed by atoms with E-state index in [0.29, 0.717) is 50.6 Å². The molecule has 0 radical (unpaired) electrons. The van der Waals surface area contributed by atoms with Crippen molar-refractivity contribution in [2.75, 3.05) is 46.4 Å². The molecule has 1 atom stereocenters. The first-order chi connectivity index (χ1) is 14.4. The Kier molecular flexibility index (Phi) is 7.53. The van der Waals surface area contributed by atoms with Gasteiger partial charge in [-0.1, -0.05) is 23.7 Å². The van der Waals surface area contributed by atoms with Crippen LogP contribution in [0.1, 0.15) is 18.4 Å². The van der Waals surface area contributed by atoms with E-state index in [-0.39, 0.29) is 11.9 Å². The van der Waals surface area contributed by atoms with Gasteiger partial charge in [0.2, 0.25) is 5.91 Å². The third-order valence-corrected chi connectivity index (χ3v) is 5.93. The van der Waals surface area contributed by atoms with E-state index >= 15 is 0 Å². The molecule has 3 amide bonds. The number of hydrogen-bond donors (Lipinski definition) is 2. The second-order valence-electron chi connectivity index (χ2n) is 7.92. The predicted octanol–water partition coefficient (Wildman–Crippen LogP) is 1.40. The van der Waals surface area contributed by atoms with Gasteiger partial charge >= 0.3 is 6.03 Å². The van der Waals surface area contributed by atoms with Crippen molar-refractivity contribution in [3.05, 3.63) is 34.9 Å². The van der Waals surface area contributed by atoms with Gasteiger partial charge in [0, 0.05) is 37.6 Å². The molecule has 2 aliphatic heterocycles. The van der Waals surface area contributed by atoms with Crippen LogP contribution in [0.4, 0.5) is 4.79 Å². The molecular formula is C21H28ClN5O3. The lowest BCUT2D eigenvalue weighted by Gasteiger charge is -2.37. The molecule has 30 heavy (non-hydrogen) atoms. The van der Waals surface area contributed by atoms with Crippen LogP contribution in [0.15, 0.2) is 24.3 Å². The van der Waals surface area contributed by atoms with E-state index in [0.717, 1.165) is 18.7 Å². The number of urea groups is 1. The lowest BCUT2D eigenvalue weighted by atomic mass is 9.88. The summed E-state index contributed by atoms with van der Waals surface area (Å²) in [5, 5.41) is 16.1. The normalized spacial score (nSPS) is 20.1. The molecule has 2 N–H and O–H groups in total. The Hall–Kier alpha value is -2.34. The minimum atomic E-state index is -0.911. The van der Waals surface area contributed by atoms with Crippen molar-refractivity contribution in [1.29, 1.82) is 5.26 Å². The van der Waals surface area contributed by atoms with Crippen molar-refractivity contribution in [2.24, 2.45) is 0 Å². The lowest BCUT2D eigenvalue weighted by molar-refractivity contribution is -0.124. The van der Waals surface area contributed by atoms with E-state index in [1.54, 1.807) is 17.0 Å². The van der Waals surface area contributed by atoms with Gasteiger partial charge in [0.25, 0.3) is 0 Å². The standard InChI is InChI=1S/C21H28ClN5O3/c1-26-8-6-21(15-23,7-9-26)25-19(28)18(14-16-2-4-17(22)5-3-16)24-20(29)27-10-12-30-13-11-27/h2-5,18H,6-14H2,1H3,(H,24,29)(H,25,28). The van der Waals surface area contributed by atoms with Gasteiger partial charge in [0.1, 0.15) is 11.6 Å². The van der Waals surface area contributed by atoms with Gasteiger partial charge in [-0.25, -0.2) is 4.79 Å². The number of ether oxygens (including phenoxy) is 1. The third-order valence-electron chi connectivity index (χ3n) is 5.68. The van der Waals surface area contributed by atoms with E-state index in [4.69, 9.17) is 16.3 Å². The lowest BCUT2D eigenvalue weighted by Crippen LogP contribution is -2.60. The fourth-order valence-electron chi connectivity index (χ4n) is 3.66. The molecule has 0 aromatic heterocycles. The van der Waals surface area contributed by atoms with Crippen molar-refractivity contribution >= 4 is 23.5 Å². The Labute approximate surface area is 182 Å². The van der Waals surface area contributed by atoms with E-state index in [9.17, 15) is 14.9 Å². The molecule has 2 aliphatic rings. The number of piperidine rings is 1. The summed E-state index contributed by atoms with van der Waals surface area (Å²) in [5.41, 5.74) is -0.0397. The smallest absolute Gasteiger partial charge is 0.318 e. The molecule has 2 saturated heterocycles. The zero-order valence-electron chi connectivity index (χ0n) is 17.2. The zero-order valence-corrected chi connectivity index (χ0v) is 18.0. The van der Waals surface area contributed by atoms with E-state index in [1.807, 2.05) is 19.2 Å². The maximum absolute atomic E-state index is 13.2. The molecule has 0 bridgehead atoms. The van der Waals surface area contributed by atoms with Gasteiger partial charge in [-0.15, -0.1) is 0 Å². The molecule has 0 aliphatic carbocycles. The molecule has 0 spiro atoms. The average molecular weight is 434 g/mol. The molecule has 9 heteroatoms. The van der Waals surface area contributed by atoms with Gasteiger partial charge < -0.3 is 25.2 Å². The average Bonchev–Trinajstić information content (AvgIpc) is 2.77. The fraction of sp³-hybridized carbons (Fsp3) is 0.571. The molecule has 1 aromatic rings. The molecule has 0 saturated carbocycles. The van der Waals surface area contributed by atoms with Crippen molar-refractivity contribution in [2.45, 2.75) is 30.8 Å². The highest BCUT2D eigenvalue weighted by Crippen LogP contribution is 2.21. The highest BCUT2D eigenvalue weighted by molar-refractivity contribution is 6.30. The molecule has 2 heterocycles. The summed E-state index contributed by atoms with van der Waals surface area (Å²) in [7, 11) is 2.00. The van der Waals surface area contributed by atoms with Gasteiger partial charge in [0.15, 0.2) is 0 Å². The van der Waals surface area contributed by atoms with Crippen molar-refractivity contribution in [3.8, 4) is 6.07 Å². The Morgan fingerprint density at radius 2 is 1.83 bits per heavy atom. The summed E-state index contributed by atoms with van der Waals surface area (Å²) in [6.07, 6.45) is 1.41. The Balaban J connectivity index is 1.73. The van der Waals surface area contributed by atoms with E-state index in [1.165, 1.54) is 0 Å². The second kappa shape index (κ2) is 10.1. The monoisotopic (exact) mass is 433 g/mol. The molecule has 8 nitrogen and oxygen atoms in total.